The van der Waals surface area contributed by atoms with E-state index in [0.717, 1.165) is 38.2 Å². The number of carbonyl (C=O) groups is 1. The van der Waals surface area contributed by atoms with Gasteiger partial charge in [-0.15, -0.1) is 12.4 Å². The van der Waals surface area contributed by atoms with Crippen LogP contribution < -0.4 is 10.1 Å². The number of aryl methyl sites for hydroxylation is 2. The van der Waals surface area contributed by atoms with Gasteiger partial charge in [-0.25, -0.2) is 0 Å². The monoisotopic (exact) mass is 338 g/mol. The highest BCUT2D eigenvalue weighted by Gasteiger charge is 2.36. The summed E-state index contributed by atoms with van der Waals surface area (Å²) in [5.74, 6) is 1.05. The fraction of sp³-hybridized carbons (Fsp3) is 0.611. The number of ether oxygens (including phenoxy) is 1. The molecular weight excluding hydrogens is 312 g/mol. The summed E-state index contributed by atoms with van der Waals surface area (Å²) in [6.45, 7) is 9.05. The van der Waals surface area contributed by atoms with E-state index in [-0.39, 0.29) is 24.4 Å². The number of nitrogens with one attached hydrogen (secondary N) is 1. The van der Waals surface area contributed by atoms with Crippen LogP contribution in [0.5, 0.6) is 5.75 Å². The standard InChI is InChI=1S/C18H26N2O2.ClH/c1-4-7-20(15-5-6-19-11-15)18(21)17-10-14-8-12(2)13(3)9-16(14)22-17;/h8-9,15,17,19H,4-7,10-11H2,1-3H3;1H. The molecule has 2 unspecified atom stereocenters. The number of fused-ring (bicyclic) bond motifs is 1. The molecule has 1 aromatic carbocycles. The smallest absolute Gasteiger partial charge is 0.264 e. The second-order valence-corrected chi connectivity index (χ2v) is 6.53. The van der Waals surface area contributed by atoms with E-state index >= 15 is 0 Å². The predicted molar refractivity (Wildman–Crippen MR) is 94.6 cm³/mol. The molecule has 0 aliphatic carbocycles. The minimum absolute atomic E-state index is 0. The van der Waals surface area contributed by atoms with E-state index in [9.17, 15) is 4.79 Å². The number of hydrogen-bond acceptors (Lipinski definition) is 3. The van der Waals surface area contributed by atoms with Crippen LogP contribution >= 0.6 is 12.4 Å². The summed E-state index contributed by atoms with van der Waals surface area (Å²) >= 11 is 0. The first kappa shape index (κ1) is 18.1. The highest BCUT2D eigenvalue weighted by atomic mass is 35.5. The van der Waals surface area contributed by atoms with E-state index < -0.39 is 0 Å². The topological polar surface area (TPSA) is 41.6 Å². The largest absolute Gasteiger partial charge is 0.480 e. The van der Waals surface area contributed by atoms with Crippen molar-refractivity contribution in [3.63, 3.8) is 0 Å². The molecule has 0 bridgehead atoms. The SMILES string of the molecule is CCCN(C(=O)C1Cc2cc(C)c(C)cc2O1)C1CCNC1.Cl. The molecule has 2 heterocycles. The molecule has 1 saturated heterocycles. The number of amides is 1. The third-order valence-corrected chi connectivity index (χ3v) is 4.85. The third-order valence-electron chi connectivity index (χ3n) is 4.85. The van der Waals surface area contributed by atoms with Gasteiger partial charge in [-0.2, -0.15) is 0 Å². The van der Waals surface area contributed by atoms with Crippen molar-refractivity contribution in [1.82, 2.24) is 10.2 Å². The predicted octanol–water partition coefficient (Wildman–Crippen LogP) is 2.63. The molecule has 128 valence electrons. The zero-order valence-corrected chi connectivity index (χ0v) is 15.0. The second-order valence-electron chi connectivity index (χ2n) is 6.53. The summed E-state index contributed by atoms with van der Waals surface area (Å²) in [7, 11) is 0. The zero-order valence-electron chi connectivity index (χ0n) is 14.2. The van der Waals surface area contributed by atoms with E-state index in [4.69, 9.17) is 4.74 Å². The highest BCUT2D eigenvalue weighted by molar-refractivity contribution is 5.85. The lowest BCUT2D eigenvalue weighted by Gasteiger charge is -2.30. The molecular formula is C18H27ClN2O2. The minimum Gasteiger partial charge on any atom is -0.480 e. The highest BCUT2D eigenvalue weighted by Crippen LogP contribution is 2.32. The molecule has 1 N–H and O–H groups in total. The van der Waals surface area contributed by atoms with Gasteiger partial charge in [0.2, 0.25) is 0 Å². The average molecular weight is 339 g/mol. The maximum Gasteiger partial charge on any atom is 0.264 e. The summed E-state index contributed by atoms with van der Waals surface area (Å²) < 4.78 is 5.98. The summed E-state index contributed by atoms with van der Waals surface area (Å²) in [5, 5.41) is 3.35. The lowest BCUT2D eigenvalue weighted by atomic mass is 10.0. The Balaban J connectivity index is 0.00000192. The quantitative estimate of drug-likeness (QED) is 0.917. The molecule has 23 heavy (non-hydrogen) atoms. The summed E-state index contributed by atoms with van der Waals surface area (Å²) in [6, 6.07) is 4.56. The molecule has 2 aliphatic rings. The van der Waals surface area contributed by atoms with Crippen molar-refractivity contribution < 1.29 is 9.53 Å². The van der Waals surface area contributed by atoms with E-state index in [1.807, 2.05) is 4.90 Å². The number of carbonyl (C=O) groups excluding carboxylic acids is 1. The van der Waals surface area contributed by atoms with E-state index in [2.05, 4.69) is 38.2 Å². The van der Waals surface area contributed by atoms with Gasteiger partial charge in [0.1, 0.15) is 5.75 Å². The summed E-state index contributed by atoms with van der Waals surface area (Å²) in [5.41, 5.74) is 3.65. The van der Waals surface area contributed by atoms with Crippen LogP contribution in [0.25, 0.3) is 0 Å². The molecule has 0 saturated carbocycles. The first-order chi connectivity index (χ1) is 10.6. The third kappa shape index (κ3) is 3.64. The van der Waals surface area contributed by atoms with Crippen molar-refractivity contribution in [3.05, 3.63) is 28.8 Å². The normalized spacial score (nSPS) is 22.2. The fourth-order valence-corrected chi connectivity index (χ4v) is 3.46. The van der Waals surface area contributed by atoms with Gasteiger partial charge >= 0.3 is 0 Å². The summed E-state index contributed by atoms with van der Waals surface area (Å²) in [6.07, 6.45) is 2.39. The van der Waals surface area contributed by atoms with Crippen molar-refractivity contribution in [2.75, 3.05) is 19.6 Å². The van der Waals surface area contributed by atoms with Gasteiger partial charge in [0.05, 0.1) is 0 Å². The molecule has 0 radical (unpaired) electrons. The van der Waals surface area contributed by atoms with E-state index in [0.29, 0.717) is 12.5 Å². The van der Waals surface area contributed by atoms with E-state index in [1.54, 1.807) is 0 Å². The van der Waals surface area contributed by atoms with Crippen LogP contribution in [0.15, 0.2) is 12.1 Å². The number of benzene rings is 1. The van der Waals surface area contributed by atoms with Crippen molar-refractivity contribution >= 4 is 18.3 Å². The molecule has 0 aromatic heterocycles. The average Bonchev–Trinajstić information content (AvgIpc) is 3.14. The first-order valence-electron chi connectivity index (χ1n) is 8.38. The zero-order chi connectivity index (χ0) is 15.7. The molecule has 0 spiro atoms. The van der Waals surface area contributed by atoms with Crippen LogP contribution in [0.4, 0.5) is 0 Å². The Morgan fingerprint density at radius 2 is 2.09 bits per heavy atom. The number of rotatable bonds is 4. The first-order valence-corrected chi connectivity index (χ1v) is 8.38. The molecule has 1 fully saturated rings. The van der Waals surface area contributed by atoms with Crippen LogP contribution in [-0.2, 0) is 11.2 Å². The van der Waals surface area contributed by atoms with Crippen molar-refractivity contribution in [2.45, 2.75) is 52.2 Å². The van der Waals surface area contributed by atoms with Gasteiger partial charge in [-0.1, -0.05) is 13.0 Å². The van der Waals surface area contributed by atoms with Crippen molar-refractivity contribution in [1.29, 1.82) is 0 Å². The number of hydrogen-bond donors (Lipinski definition) is 1. The molecule has 1 amide bonds. The Labute approximate surface area is 145 Å². The van der Waals surface area contributed by atoms with Crippen LogP contribution in [0, 0.1) is 13.8 Å². The lowest BCUT2D eigenvalue weighted by Crippen LogP contribution is -2.48. The molecule has 3 rings (SSSR count). The maximum absolute atomic E-state index is 12.9. The van der Waals surface area contributed by atoms with Crippen LogP contribution in [0.3, 0.4) is 0 Å². The van der Waals surface area contributed by atoms with E-state index in [1.165, 1.54) is 16.7 Å². The van der Waals surface area contributed by atoms with Gasteiger partial charge in [-0.3, -0.25) is 4.79 Å². The second kappa shape index (κ2) is 7.54. The Bertz CT molecular complexity index is 539. The molecule has 4 nitrogen and oxygen atoms in total. The van der Waals surface area contributed by atoms with Crippen molar-refractivity contribution in [3.8, 4) is 5.75 Å². The lowest BCUT2D eigenvalue weighted by molar-refractivity contribution is -0.140. The van der Waals surface area contributed by atoms with Crippen LogP contribution in [-0.4, -0.2) is 42.6 Å². The molecule has 1 aromatic rings. The Morgan fingerprint density at radius 1 is 1.35 bits per heavy atom. The van der Waals surface area contributed by atoms with Crippen molar-refractivity contribution in [2.24, 2.45) is 0 Å². The van der Waals surface area contributed by atoms with Crippen LogP contribution in [0.1, 0.15) is 36.5 Å². The number of nitrogens with zero attached hydrogens (tertiary/aromatic N) is 1. The van der Waals surface area contributed by atoms with Gasteiger partial charge in [-0.05, 0) is 56.0 Å². The molecule has 2 aliphatic heterocycles. The van der Waals surface area contributed by atoms with Gasteiger partial charge < -0.3 is 15.0 Å². The molecule has 2 atom stereocenters. The van der Waals surface area contributed by atoms with Gasteiger partial charge in [0.25, 0.3) is 5.91 Å². The maximum atomic E-state index is 12.9. The summed E-state index contributed by atoms with van der Waals surface area (Å²) in [4.78, 5) is 15.0. The number of halogens is 1. The Morgan fingerprint density at radius 3 is 2.74 bits per heavy atom. The minimum atomic E-state index is -0.344. The van der Waals surface area contributed by atoms with Gasteiger partial charge in [0, 0.05) is 25.6 Å². The fourth-order valence-electron chi connectivity index (χ4n) is 3.46. The van der Waals surface area contributed by atoms with Crippen LogP contribution in [0.2, 0.25) is 0 Å². The van der Waals surface area contributed by atoms with Gasteiger partial charge in [0.15, 0.2) is 6.10 Å². The molecule has 5 heteroatoms. The Hall–Kier alpha value is -1.26. The Kier molecular flexibility index (Phi) is 5.93.